The average Bonchev–Trinajstić information content (AvgIpc) is 2.29. The van der Waals surface area contributed by atoms with E-state index >= 15 is 0 Å². The number of hydrogen-bond acceptors (Lipinski definition) is 2. The number of hydrogen-bond donors (Lipinski definition) is 2. The van der Waals surface area contributed by atoms with Crippen LogP contribution in [0.4, 0.5) is 11.4 Å². The fourth-order valence-electron chi connectivity index (χ4n) is 0.987. The Kier molecular flexibility index (Phi) is 5.42. The van der Waals surface area contributed by atoms with Gasteiger partial charge < -0.3 is 11.5 Å². The summed E-state index contributed by atoms with van der Waals surface area (Å²) in [6.07, 6.45) is 0. The highest BCUT2D eigenvalue weighted by Gasteiger charge is 1.94. The maximum absolute atomic E-state index is 5.60. The molecule has 2 rings (SSSR count). The molecule has 0 saturated carbocycles. The first-order valence-corrected chi connectivity index (χ1v) is 5.84. The van der Waals surface area contributed by atoms with Crippen LogP contribution >= 0.6 is 34.8 Å². The summed E-state index contributed by atoms with van der Waals surface area (Å²) < 4.78 is 0. The standard InChI is InChI=1S/C6H5Cl2N.C6H6ClN/c7-5-2-1-4(9)3-6(5)8;7-5-3-1-2-4-6(5)8/h1-3H,9H2;1-4H,8H2. The van der Waals surface area contributed by atoms with E-state index in [0.717, 1.165) is 0 Å². The molecular weight excluding hydrogens is 279 g/mol. The third-order valence-electron chi connectivity index (χ3n) is 1.85. The van der Waals surface area contributed by atoms with Gasteiger partial charge in [0.15, 0.2) is 0 Å². The van der Waals surface area contributed by atoms with Gasteiger partial charge in [-0.2, -0.15) is 0 Å². The molecule has 2 aromatic carbocycles. The number of halogens is 3. The van der Waals surface area contributed by atoms with Gasteiger partial charge in [-0.05, 0) is 30.3 Å². The van der Waals surface area contributed by atoms with Gasteiger partial charge in [0, 0.05) is 5.69 Å². The number of benzene rings is 2. The van der Waals surface area contributed by atoms with Crippen LogP contribution in [-0.2, 0) is 0 Å². The maximum atomic E-state index is 5.60. The third kappa shape index (κ3) is 4.73. The van der Waals surface area contributed by atoms with Crippen molar-refractivity contribution in [2.75, 3.05) is 11.5 Å². The van der Waals surface area contributed by atoms with Gasteiger partial charge in [-0.3, -0.25) is 0 Å². The SMILES string of the molecule is Nc1ccc(Cl)c(Cl)c1.Nc1ccccc1Cl. The van der Waals surface area contributed by atoms with Gasteiger partial charge in [0.1, 0.15) is 0 Å². The lowest BCUT2D eigenvalue weighted by molar-refractivity contribution is 1.68. The Morgan fingerprint density at radius 3 is 1.76 bits per heavy atom. The van der Waals surface area contributed by atoms with Crippen LogP contribution in [0.3, 0.4) is 0 Å². The van der Waals surface area contributed by atoms with Crippen molar-refractivity contribution in [1.82, 2.24) is 0 Å². The van der Waals surface area contributed by atoms with Crippen LogP contribution < -0.4 is 11.5 Å². The van der Waals surface area contributed by atoms with Crippen LogP contribution in [0.1, 0.15) is 0 Å². The number of nitrogen functional groups attached to an aromatic ring is 2. The monoisotopic (exact) mass is 288 g/mol. The first-order chi connectivity index (χ1) is 8.00. The zero-order chi connectivity index (χ0) is 12.8. The molecule has 0 aliphatic carbocycles. The Morgan fingerprint density at radius 2 is 1.35 bits per heavy atom. The van der Waals surface area contributed by atoms with E-state index in [2.05, 4.69) is 0 Å². The predicted molar refractivity (Wildman–Crippen MR) is 76.7 cm³/mol. The first kappa shape index (κ1) is 14.0. The lowest BCUT2D eigenvalue weighted by Gasteiger charge is -1.94. The molecule has 2 aromatic rings. The fraction of sp³-hybridized carbons (Fsp3) is 0. The van der Waals surface area contributed by atoms with Gasteiger partial charge in [-0.25, -0.2) is 0 Å². The molecule has 0 spiro atoms. The van der Waals surface area contributed by atoms with E-state index in [1.165, 1.54) is 0 Å². The van der Waals surface area contributed by atoms with Crippen LogP contribution in [0.25, 0.3) is 0 Å². The minimum atomic E-state index is 0.497. The van der Waals surface area contributed by atoms with E-state index in [9.17, 15) is 0 Å². The van der Waals surface area contributed by atoms with Crippen LogP contribution in [0.15, 0.2) is 42.5 Å². The van der Waals surface area contributed by atoms with Crippen molar-refractivity contribution in [3.8, 4) is 0 Å². The van der Waals surface area contributed by atoms with Gasteiger partial charge in [0.05, 0.1) is 20.8 Å². The zero-order valence-electron chi connectivity index (χ0n) is 8.83. The molecule has 2 nitrogen and oxygen atoms in total. The molecule has 0 radical (unpaired) electrons. The van der Waals surface area contributed by atoms with E-state index in [1.54, 1.807) is 30.3 Å². The Hall–Kier alpha value is -1.09. The van der Waals surface area contributed by atoms with Crippen LogP contribution in [0.2, 0.25) is 15.1 Å². The highest BCUT2D eigenvalue weighted by Crippen LogP contribution is 2.23. The van der Waals surface area contributed by atoms with E-state index in [0.29, 0.717) is 26.4 Å². The Labute approximate surface area is 115 Å². The second-order valence-corrected chi connectivity index (χ2v) is 4.42. The molecule has 0 bridgehead atoms. The van der Waals surface area contributed by atoms with Crippen molar-refractivity contribution in [1.29, 1.82) is 0 Å². The number of rotatable bonds is 0. The second kappa shape index (κ2) is 6.60. The van der Waals surface area contributed by atoms with Crippen molar-refractivity contribution in [2.24, 2.45) is 0 Å². The van der Waals surface area contributed by atoms with E-state index in [1.807, 2.05) is 12.1 Å². The van der Waals surface area contributed by atoms with Crippen molar-refractivity contribution in [3.63, 3.8) is 0 Å². The molecule has 0 aromatic heterocycles. The average molecular weight is 290 g/mol. The molecule has 5 heteroatoms. The summed E-state index contributed by atoms with van der Waals surface area (Å²) in [5.74, 6) is 0. The lowest BCUT2D eigenvalue weighted by atomic mass is 10.3. The molecule has 0 saturated heterocycles. The summed E-state index contributed by atoms with van der Waals surface area (Å²) in [6, 6.07) is 12.2. The molecular formula is C12H11Cl3N2. The van der Waals surface area contributed by atoms with Gasteiger partial charge in [0.2, 0.25) is 0 Å². The van der Waals surface area contributed by atoms with E-state index in [-0.39, 0.29) is 0 Å². The summed E-state index contributed by atoms with van der Waals surface area (Å²) in [4.78, 5) is 0. The zero-order valence-corrected chi connectivity index (χ0v) is 11.1. The van der Waals surface area contributed by atoms with Crippen molar-refractivity contribution >= 4 is 46.2 Å². The summed E-state index contributed by atoms with van der Waals surface area (Å²) in [5, 5.41) is 1.65. The maximum Gasteiger partial charge on any atom is 0.0635 e. The summed E-state index contributed by atoms with van der Waals surface area (Å²) in [7, 11) is 0. The van der Waals surface area contributed by atoms with Crippen LogP contribution in [-0.4, -0.2) is 0 Å². The summed E-state index contributed by atoms with van der Waals surface area (Å²) >= 11 is 16.8. The molecule has 4 N–H and O–H groups in total. The molecule has 0 aliphatic rings. The normalized spacial score (nSPS) is 9.35. The fourth-order valence-corrected chi connectivity index (χ4v) is 1.43. The molecule has 0 fully saturated rings. The van der Waals surface area contributed by atoms with E-state index < -0.39 is 0 Å². The Bertz CT molecular complexity index is 480. The van der Waals surface area contributed by atoms with Crippen molar-refractivity contribution < 1.29 is 0 Å². The number of anilines is 2. The van der Waals surface area contributed by atoms with Gasteiger partial charge >= 0.3 is 0 Å². The number of nitrogens with two attached hydrogens (primary N) is 2. The highest BCUT2D eigenvalue weighted by molar-refractivity contribution is 6.42. The topological polar surface area (TPSA) is 52.0 Å². The second-order valence-electron chi connectivity index (χ2n) is 3.20. The van der Waals surface area contributed by atoms with Crippen LogP contribution in [0, 0.1) is 0 Å². The summed E-state index contributed by atoms with van der Waals surface area (Å²) in [6.45, 7) is 0. The van der Waals surface area contributed by atoms with E-state index in [4.69, 9.17) is 46.3 Å². The molecule has 0 heterocycles. The molecule has 90 valence electrons. The molecule has 0 unspecified atom stereocenters. The molecule has 0 atom stereocenters. The highest BCUT2D eigenvalue weighted by atomic mass is 35.5. The first-order valence-electron chi connectivity index (χ1n) is 4.71. The molecule has 0 amide bonds. The van der Waals surface area contributed by atoms with Gasteiger partial charge in [0.25, 0.3) is 0 Å². The van der Waals surface area contributed by atoms with Gasteiger partial charge in [-0.15, -0.1) is 0 Å². The minimum Gasteiger partial charge on any atom is -0.399 e. The van der Waals surface area contributed by atoms with Gasteiger partial charge in [-0.1, -0.05) is 46.9 Å². The molecule has 17 heavy (non-hydrogen) atoms. The van der Waals surface area contributed by atoms with Crippen molar-refractivity contribution in [3.05, 3.63) is 57.5 Å². The Balaban J connectivity index is 0.000000171. The molecule has 0 aliphatic heterocycles. The minimum absolute atomic E-state index is 0.497. The van der Waals surface area contributed by atoms with Crippen LogP contribution in [0.5, 0.6) is 0 Å². The lowest BCUT2D eigenvalue weighted by Crippen LogP contribution is -1.82. The quantitative estimate of drug-likeness (QED) is 0.702. The Morgan fingerprint density at radius 1 is 0.706 bits per heavy atom. The third-order valence-corrected chi connectivity index (χ3v) is 2.93. The van der Waals surface area contributed by atoms with Crippen molar-refractivity contribution in [2.45, 2.75) is 0 Å². The largest absolute Gasteiger partial charge is 0.399 e. The number of para-hydroxylation sites is 1. The summed E-state index contributed by atoms with van der Waals surface area (Å²) in [5.41, 5.74) is 12.0. The predicted octanol–water partition coefficient (Wildman–Crippen LogP) is 4.50. The smallest absolute Gasteiger partial charge is 0.0635 e.